The number of ether oxygens (including phenoxy) is 2. The van der Waals surface area contributed by atoms with E-state index in [2.05, 4.69) is 23.8 Å². The third kappa shape index (κ3) is 3.56. The number of benzene rings is 1. The van der Waals surface area contributed by atoms with E-state index in [1.54, 1.807) is 7.11 Å². The predicted octanol–water partition coefficient (Wildman–Crippen LogP) is 3.09. The molecule has 3 rings (SSSR count). The third-order valence-electron chi connectivity index (χ3n) is 4.94. The number of aryl methyl sites for hydroxylation is 2. The maximum absolute atomic E-state index is 6.16. The van der Waals surface area contributed by atoms with Gasteiger partial charge in [-0.25, -0.2) is 0 Å². The van der Waals surface area contributed by atoms with Crippen molar-refractivity contribution in [1.82, 2.24) is 14.7 Å². The van der Waals surface area contributed by atoms with E-state index in [0.29, 0.717) is 0 Å². The molecule has 0 aliphatic carbocycles. The van der Waals surface area contributed by atoms with Crippen LogP contribution in [0.5, 0.6) is 11.5 Å². The zero-order valence-corrected chi connectivity index (χ0v) is 15.1. The molecule has 1 fully saturated rings. The van der Waals surface area contributed by atoms with E-state index in [-0.39, 0.29) is 6.10 Å². The van der Waals surface area contributed by atoms with Crippen LogP contribution in [0.15, 0.2) is 24.3 Å². The Morgan fingerprint density at radius 2 is 1.79 bits per heavy atom. The molecule has 1 aromatic heterocycles. The molecule has 1 saturated heterocycles. The first-order chi connectivity index (χ1) is 11.6. The van der Waals surface area contributed by atoms with E-state index in [4.69, 9.17) is 9.47 Å². The van der Waals surface area contributed by atoms with E-state index in [9.17, 15) is 0 Å². The van der Waals surface area contributed by atoms with Gasteiger partial charge in [0.15, 0.2) is 11.5 Å². The van der Waals surface area contributed by atoms with Gasteiger partial charge in [0.2, 0.25) is 0 Å². The second-order valence-electron chi connectivity index (χ2n) is 6.52. The monoisotopic (exact) mass is 329 g/mol. The summed E-state index contributed by atoms with van der Waals surface area (Å²) in [5.74, 6) is 1.65. The number of rotatable bonds is 5. The molecule has 1 aliphatic heterocycles. The lowest BCUT2D eigenvalue weighted by Gasteiger charge is -2.32. The SMILES string of the molecule is COc1ccccc1OC1CCN(Cc2c(C)nn(C)c2C)CC1. The van der Waals surface area contributed by atoms with Crippen LogP contribution in [-0.4, -0.2) is 41.0 Å². The van der Waals surface area contributed by atoms with Crippen molar-refractivity contribution in [3.05, 3.63) is 41.2 Å². The summed E-state index contributed by atoms with van der Waals surface area (Å²) in [7, 11) is 3.70. The zero-order valence-electron chi connectivity index (χ0n) is 15.1. The van der Waals surface area contributed by atoms with E-state index in [1.165, 1.54) is 11.3 Å². The number of aromatic nitrogens is 2. The summed E-state index contributed by atoms with van der Waals surface area (Å²) in [6.07, 6.45) is 2.33. The summed E-state index contributed by atoms with van der Waals surface area (Å²) in [6, 6.07) is 7.87. The number of hydrogen-bond acceptors (Lipinski definition) is 4. The van der Waals surface area contributed by atoms with Crippen LogP contribution in [0, 0.1) is 13.8 Å². The lowest BCUT2D eigenvalue weighted by Crippen LogP contribution is -2.38. The average molecular weight is 329 g/mol. The number of methoxy groups -OCH3 is 1. The van der Waals surface area contributed by atoms with Gasteiger partial charge in [-0.05, 0) is 38.8 Å². The summed E-state index contributed by atoms with van der Waals surface area (Å²) < 4.78 is 13.5. The van der Waals surface area contributed by atoms with Crippen molar-refractivity contribution in [1.29, 1.82) is 0 Å². The maximum atomic E-state index is 6.16. The summed E-state index contributed by atoms with van der Waals surface area (Å²) in [5, 5.41) is 4.52. The van der Waals surface area contributed by atoms with Crippen molar-refractivity contribution in [2.24, 2.45) is 7.05 Å². The summed E-state index contributed by atoms with van der Waals surface area (Å²) >= 11 is 0. The van der Waals surface area contributed by atoms with Crippen LogP contribution in [0.1, 0.15) is 29.8 Å². The van der Waals surface area contributed by atoms with Crippen LogP contribution in [0.25, 0.3) is 0 Å². The topological polar surface area (TPSA) is 39.5 Å². The fraction of sp³-hybridized carbons (Fsp3) is 0.526. The van der Waals surface area contributed by atoms with Gasteiger partial charge in [0, 0.05) is 37.9 Å². The van der Waals surface area contributed by atoms with E-state index in [0.717, 1.165) is 49.7 Å². The molecule has 1 aromatic carbocycles. The maximum Gasteiger partial charge on any atom is 0.161 e. The second-order valence-corrected chi connectivity index (χ2v) is 6.52. The molecule has 5 nitrogen and oxygen atoms in total. The normalized spacial score (nSPS) is 16.3. The van der Waals surface area contributed by atoms with Crippen molar-refractivity contribution in [3.63, 3.8) is 0 Å². The highest BCUT2D eigenvalue weighted by Crippen LogP contribution is 2.29. The molecule has 0 radical (unpaired) electrons. The number of nitrogens with zero attached hydrogens (tertiary/aromatic N) is 3. The molecular weight excluding hydrogens is 302 g/mol. The highest BCUT2D eigenvalue weighted by atomic mass is 16.5. The molecule has 5 heteroatoms. The summed E-state index contributed by atoms with van der Waals surface area (Å²) in [4.78, 5) is 2.50. The first-order valence-corrected chi connectivity index (χ1v) is 8.59. The van der Waals surface area contributed by atoms with Crippen molar-refractivity contribution >= 4 is 0 Å². The van der Waals surface area contributed by atoms with E-state index >= 15 is 0 Å². The fourth-order valence-electron chi connectivity index (χ4n) is 3.35. The first kappa shape index (κ1) is 16.8. The van der Waals surface area contributed by atoms with Gasteiger partial charge in [-0.2, -0.15) is 5.10 Å². The number of likely N-dealkylation sites (tertiary alicyclic amines) is 1. The Labute approximate surface area is 144 Å². The first-order valence-electron chi connectivity index (χ1n) is 8.59. The van der Waals surface area contributed by atoms with Crippen LogP contribution >= 0.6 is 0 Å². The molecule has 2 aromatic rings. The van der Waals surface area contributed by atoms with Gasteiger partial charge in [0.1, 0.15) is 6.10 Å². The Kier molecular flexibility index (Phi) is 5.09. The largest absolute Gasteiger partial charge is 0.493 e. The van der Waals surface area contributed by atoms with Gasteiger partial charge >= 0.3 is 0 Å². The highest BCUT2D eigenvalue weighted by Gasteiger charge is 2.23. The van der Waals surface area contributed by atoms with Crippen LogP contribution in [0.3, 0.4) is 0 Å². The third-order valence-corrected chi connectivity index (χ3v) is 4.94. The van der Waals surface area contributed by atoms with Crippen molar-refractivity contribution in [3.8, 4) is 11.5 Å². The molecule has 2 heterocycles. The predicted molar refractivity (Wildman–Crippen MR) is 94.6 cm³/mol. The van der Waals surface area contributed by atoms with Gasteiger partial charge in [-0.15, -0.1) is 0 Å². The average Bonchev–Trinajstić information content (AvgIpc) is 2.83. The molecule has 0 unspecified atom stereocenters. The molecule has 0 amide bonds. The Hall–Kier alpha value is -2.01. The fourth-order valence-corrected chi connectivity index (χ4v) is 3.35. The molecule has 0 atom stereocenters. The van der Waals surface area contributed by atoms with Gasteiger partial charge in [-0.3, -0.25) is 9.58 Å². The minimum atomic E-state index is 0.258. The van der Waals surface area contributed by atoms with Crippen LogP contribution < -0.4 is 9.47 Å². The van der Waals surface area contributed by atoms with Crippen molar-refractivity contribution < 1.29 is 9.47 Å². The molecule has 24 heavy (non-hydrogen) atoms. The minimum Gasteiger partial charge on any atom is -0.493 e. The summed E-state index contributed by atoms with van der Waals surface area (Å²) in [5.41, 5.74) is 3.77. The van der Waals surface area contributed by atoms with Gasteiger partial charge in [-0.1, -0.05) is 12.1 Å². The molecule has 0 saturated carbocycles. The van der Waals surface area contributed by atoms with Crippen molar-refractivity contribution in [2.75, 3.05) is 20.2 Å². The zero-order chi connectivity index (χ0) is 17.1. The molecular formula is C19H27N3O2. The molecule has 1 aliphatic rings. The van der Waals surface area contributed by atoms with Gasteiger partial charge < -0.3 is 9.47 Å². The summed E-state index contributed by atoms with van der Waals surface area (Å²) in [6.45, 7) is 7.32. The van der Waals surface area contributed by atoms with E-state index in [1.807, 2.05) is 36.0 Å². The lowest BCUT2D eigenvalue weighted by atomic mass is 10.1. The quantitative estimate of drug-likeness (QED) is 0.845. The molecule has 130 valence electrons. The molecule has 0 N–H and O–H groups in total. The minimum absolute atomic E-state index is 0.258. The van der Waals surface area contributed by atoms with E-state index < -0.39 is 0 Å². The number of hydrogen-bond donors (Lipinski definition) is 0. The van der Waals surface area contributed by atoms with Crippen LogP contribution in [-0.2, 0) is 13.6 Å². The van der Waals surface area contributed by atoms with Crippen LogP contribution in [0.2, 0.25) is 0 Å². The Balaban J connectivity index is 1.56. The Morgan fingerprint density at radius 3 is 2.38 bits per heavy atom. The smallest absolute Gasteiger partial charge is 0.161 e. The number of para-hydroxylation sites is 2. The second kappa shape index (κ2) is 7.26. The van der Waals surface area contributed by atoms with Crippen LogP contribution in [0.4, 0.5) is 0 Å². The Bertz CT molecular complexity index is 688. The molecule has 0 spiro atoms. The molecule has 0 bridgehead atoms. The Morgan fingerprint density at radius 1 is 1.12 bits per heavy atom. The number of piperidine rings is 1. The highest BCUT2D eigenvalue weighted by molar-refractivity contribution is 5.39. The lowest BCUT2D eigenvalue weighted by molar-refractivity contribution is 0.0941. The van der Waals surface area contributed by atoms with Crippen molar-refractivity contribution in [2.45, 2.75) is 39.3 Å². The van der Waals surface area contributed by atoms with Gasteiger partial charge in [0.05, 0.1) is 12.8 Å². The standard InChI is InChI=1S/C19H27N3O2/c1-14-17(15(2)21(3)20-14)13-22-11-9-16(10-12-22)24-19-8-6-5-7-18(19)23-4/h5-8,16H,9-13H2,1-4H3. The van der Waals surface area contributed by atoms with Gasteiger partial charge in [0.25, 0.3) is 0 Å².